The van der Waals surface area contributed by atoms with Crippen LogP contribution in [0.1, 0.15) is 63.9 Å². The van der Waals surface area contributed by atoms with Crippen LogP contribution in [-0.2, 0) is 5.41 Å². The van der Waals surface area contributed by atoms with Crippen LogP contribution in [0.5, 0.6) is 0 Å². The molecule has 0 unspecified atom stereocenters. The second-order valence-electron chi connectivity index (χ2n) is 5.60. The summed E-state index contributed by atoms with van der Waals surface area (Å²) in [7, 11) is 0. The minimum absolute atomic E-state index is 0.336. The molecule has 0 radical (unpaired) electrons. The van der Waals surface area contributed by atoms with E-state index in [1.807, 2.05) is 6.07 Å². The monoisotopic (exact) mass is 284 g/mol. The summed E-state index contributed by atoms with van der Waals surface area (Å²) in [6.07, 6.45) is 10.5. The fraction of sp³-hybridized carbons (Fsp3) is 0.625. The first-order valence-corrected chi connectivity index (χ1v) is 7.88. The highest BCUT2D eigenvalue weighted by Crippen LogP contribution is 2.44. The van der Waals surface area contributed by atoms with E-state index in [0.717, 1.165) is 10.0 Å². The maximum Gasteiger partial charge on any atom is 0.0423 e. The Labute approximate surface area is 121 Å². The van der Waals surface area contributed by atoms with E-state index in [4.69, 9.17) is 23.2 Å². The molecule has 0 saturated heterocycles. The third-order valence-electron chi connectivity index (χ3n) is 4.29. The van der Waals surface area contributed by atoms with Crippen molar-refractivity contribution in [2.45, 2.75) is 63.7 Å². The Morgan fingerprint density at radius 2 is 1.61 bits per heavy atom. The Morgan fingerprint density at radius 1 is 1.00 bits per heavy atom. The van der Waals surface area contributed by atoms with Crippen molar-refractivity contribution in [3.05, 3.63) is 33.8 Å². The van der Waals surface area contributed by atoms with Crippen LogP contribution >= 0.6 is 23.2 Å². The standard InChI is InChI=1S/C16H22Cl2/c1-2-3-7-16(8-5-4-6-9-16)13-10-14(17)12-15(18)11-13/h10-12H,2-9H2,1H3. The number of rotatable bonds is 4. The van der Waals surface area contributed by atoms with E-state index in [1.165, 1.54) is 56.9 Å². The van der Waals surface area contributed by atoms with E-state index >= 15 is 0 Å². The summed E-state index contributed by atoms with van der Waals surface area (Å²) >= 11 is 12.4. The largest absolute Gasteiger partial charge is 0.0843 e. The quantitative estimate of drug-likeness (QED) is 0.601. The van der Waals surface area contributed by atoms with E-state index < -0.39 is 0 Å². The van der Waals surface area contributed by atoms with Gasteiger partial charge in [-0.05, 0) is 48.4 Å². The Kier molecular flexibility index (Phi) is 4.98. The van der Waals surface area contributed by atoms with Crippen LogP contribution < -0.4 is 0 Å². The molecule has 0 nitrogen and oxygen atoms in total. The zero-order valence-corrected chi connectivity index (χ0v) is 12.7. The number of unbranched alkanes of at least 4 members (excludes halogenated alkanes) is 1. The van der Waals surface area contributed by atoms with Gasteiger partial charge in [0.2, 0.25) is 0 Å². The zero-order chi connectivity index (χ0) is 13.0. The first-order valence-electron chi connectivity index (χ1n) is 7.13. The lowest BCUT2D eigenvalue weighted by molar-refractivity contribution is 0.267. The Balaban J connectivity index is 2.31. The highest BCUT2D eigenvalue weighted by atomic mass is 35.5. The van der Waals surface area contributed by atoms with Gasteiger partial charge in [-0.2, -0.15) is 0 Å². The third-order valence-corrected chi connectivity index (χ3v) is 4.73. The van der Waals surface area contributed by atoms with Gasteiger partial charge >= 0.3 is 0 Å². The molecule has 0 N–H and O–H groups in total. The number of hydrogen-bond acceptors (Lipinski definition) is 0. The van der Waals surface area contributed by atoms with Crippen LogP contribution in [-0.4, -0.2) is 0 Å². The molecule has 1 saturated carbocycles. The second-order valence-corrected chi connectivity index (χ2v) is 6.48. The van der Waals surface area contributed by atoms with Gasteiger partial charge in [0, 0.05) is 10.0 Å². The van der Waals surface area contributed by atoms with E-state index in [9.17, 15) is 0 Å². The minimum atomic E-state index is 0.336. The summed E-state index contributed by atoms with van der Waals surface area (Å²) in [4.78, 5) is 0. The summed E-state index contributed by atoms with van der Waals surface area (Å²) in [5.41, 5.74) is 1.70. The molecule has 0 aromatic heterocycles. The molecule has 1 aromatic carbocycles. The summed E-state index contributed by atoms with van der Waals surface area (Å²) in [6, 6.07) is 6.10. The Hall–Kier alpha value is -0.200. The van der Waals surface area contributed by atoms with E-state index in [1.54, 1.807) is 0 Å². The summed E-state index contributed by atoms with van der Waals surface area (Å²) in [5.74, 6) is 0. The van der Waals surface area contributed by atoms with Crippen molar-refractivity contribution in [1.29, 1.82) is 0 Å². The van der Waals surface area contributed by atoms with Gasteiger partial charge in [-0.25, -0.2) is 0 Å². The van der Waals surface area contributed by atoms with Crippen molar-refractivity contribution >= 4 is 23.2 Å². The van der Waals surface area contributed by atoms with Gasteiger partial charge in [0.05, 0.1) is 0 Å². The van der Waals surface area contributed by atoms with Gasteiger partial charge < -0.3 is 0 Å². The molecule has 0 atom stereocenters. The van der Waals surface area contributed by atoms with Crippen LogP contribution in [0.25, 0.3) is 0 Å². The lowest BCUT2D eigenvalue weighted by atomic mass is 9.67. The molecule has 2 heteroatoms. The molecule has 100 valence electrons. The van der Waals surface area contributed by atoms with Gasteiger partial charge in [-0.3, -0.25) is 0 Å². The lowest BCUT2D eigenvalue weighted by Crippen LogP contribution is -2.29. The van der Waals surface area contributed by atoms with Gasteiger partial charge in [-0.1, -0.05) is 62.2 Å². The van der Waals surface area contributed by atoms with Crippen LogP contribution in [0.4, 0.5) is 0 Å². The highest BCUT2D eigenvalue weighted by Gasteiger charge is 2.33. The minimum Gasteiger partial charge on any atom is -0.0843 e. The van der Waals surface area contributed by atoms with Crippen LogP contribution in [0.2, 0.25) is 10.0 Å². The predicted octanol–water partition coefficient (Wildman–Crippen LogP) is 6.39. The lowest BCUT2D eigenvalue weighted by Gasteiger charge is -2.38. The maximum absolute atomic E-state index is 6.18. The number of halogens is 2. The van der Waals surface area contributed by atoms with Crippen molar-refractivity contribution in [2.75, 3.05) is 0 Å². The fourth-order valence-corrected chi connectivity index (χ4v) is 3.81. The smallest absolute Gasteiger partial charge is 0.0423 e. The molecular weight excluding hydrogens is 263 g/mol. The number of hydrogen-bond donors (Lipinski definition) is 0. The van der Waals surface area contributed by atoms with Crippen molar-refractivity contribution in [3.63, 3.8) is 0 Å². The van der Waals surface area contributed by atoms with Crippen molar-refractivity contribution in [3.8, 4) is 0 Å². The van der Waals surface area contributed by atoms with Crippen molar-refractivity contribution < 1.29 is 0 Å². The van der Waals surface area contributed by atoms with Gasteiger partial charge in [0.1, 0.15) is 0 Å². The molecule has 1 aliphatic carbocycles. The molecule has 1 fully saturated rings. The van der Waals surface area contributed by atoms with E-state index in [2.05, 4.69) is 19.1 Å². The first-order chi connectivity index (χ1) is 8.66. The van der Waals surface area contributed by atoms with Crippen molar-refractivity contribution in [1.82, 2.24) is 0 Å². The van der Waals surface area contributed by atoms with Crippen LogP contribution in [0, 0.1) is 0 Å². The highest BCUT2D eigenvalue weighted by molar-refractivity contribution is 6.34. The average molecular weight is 285 g/mol. The molecule has 0 bridgehead atoms. The zero-order valence-electron chi connectivity index (χ0n) is 11.1. The molecule has 18 heavy (non-hydrogen) atoms. The summed E-state index contributed by atoms with van der Waals surface area (Å²) in [5, 5.41) is 1.55. The molecule has 1 aromatic rings. The predicted molar refractivity (Wildman–Crippen MR) is 80.8 cm³/mol. The maximum atomic E-state index is 6.18. The first kappa shape index (κ1) is 14.2. The number of benzene rings is 1. The normalized spacial score (nSPS) is 18.8. The van der Waals surface area contributed by atoms with Crippen molar-refractivity contribution in [2.24, 2.45) is 0 Å². The second kappa shape index (κ2) is 6.30. The Bertz CT molecular complexity index is 372. The van der Waals surface area contributed by atoms with Crippen LogP contribution in [0.3, 0.4) is 0 Å². The molecule has 0 aliphatic heterocycles. The molecule has 2 rings (SSSR count). The van der Waals surface area contributed by atoms with Gasteiger partial charge in [0.15, 0.2) is 0 Å². The van der Waals surface area contributed by atoms with E-state index in [0.29, 0.717) is 5.41 Å². The fourth-order valence-electron chi connectivity index (χ4n) is 3.29. The van der Waals surface area contributed by atoms with Gasteiger partial charge in [-0.15, -0.1) is 0 Å². The molecule has 0 amide bonds. The molecule has 0 spiro atoms. The SMILES string of the molecule is CCCCC1(c2cc(Cl)cc(Cl)c2)CCCCC1. The molecule has 0 heterocycles. The van der Waals surface area contributed by atoms with Gasteiger partial charge in [0.25, 0.3) is 0 Å². The average Bonchev–Trinajstić information content (AvgIpc) is 2.36. The summed E-state index contributed by atoms with van der Waals surface area (Å²) in [6.45, 7) is 2.27. The van der Waals surface area contributed by atoms with E-state index in [-0.39, 0.29) is 0 Å². The summed E-state index contributed by atoms with van der Waals surface area (Å²) < 4.78 is 0. The molecular formula is C16H22Cl2. The van der Waals surface area contributed by atoms with Crippen LogP contribution in [0.15, 0.2) is 18.2 Å². The third kappa shape index (κ3) is 3.22. The molecule has 1 aliphatic rings. The Morgan fingerprint density at radius 3 is 2.17 bits per heavy atom. The topological polar surface area (TPSA) is 0 Å².